The van der Waals surface area contributed by atoms with Gasteiger partial charge < -0.3 is 10.5 Å². The highest BCUT2D eigenvalue weighted by Gasteiger charge is 2.28. The van der Waals surface area contributed by atoms with E-state index in [1.54, 1.807) is 0 Å². The molecule has 2 nitrogen and oxygen atoms in total. The highest BCUT2D eigenvalue weighted by atomic mass is 79.9. The van der Waals surface area contributed by atoms with Gasteiger partial charge in [-0.1, -0.05) is 45.2 Å². The van der Waals surface area contributed by atoms with Crippen LogP contribution in [0.2, 0.25) is 5.02 Å². The molecule has 1 aliphatic rings. The minimum atomic E-state index is -0.0757. The van der Waals surface area contributed by atoms with E-state index in [0.29, 0.717) is 5.02 Å². The summed E-state index contributed by atoms with van der Waals surface area (Å²) in [7, 11) is 0. The van der Waals surface area contributed by atoms with Gasteiger partial charge in [-0.3, -0.25) is 0 Å². The molecule has 0 saturated heterocycles. The second kappa shape index (κ2) is 5.40. The third-order valence-corrected chi connectivity index (χ3v) is 4.56. The van der Waals surface area contributed by atoms with E-state index in [2.05, 4.69) is 28.9 Å². The molecule has 2 N–H and O–H groups in total. The van der Waals surface area contributed by atoms with E-state index in [1.807, 2.05) is 30.3 Å². The van der Waals surface area contributed by atoms with Gasteiger partial charge in [0, 0.05) is 33.1 Å². The van der Waals surface area contributed by atoms with Crippen molar-refractivity contribution in [1.29, 1.82) is 0 Å². The summed E-state index contributed by atoms with van der Waals surface area (Å²) in [5.41, 5.74) is 9.63. The highest BCUT2D eigenvalue weighted by Crippen LogP contribution is 2.42. The van der Waals surface area contributed by atoms with Crippen molar-refractivity contribution >= 4 is 27.5 Å². The van der Waals surface area contributed by atoms with Gasteiger partial charge in [-0.2, -0.15) is 0 Å². The third-order valence-electron chi connectivity index (χ3n) is 3.61. The van der Waals surface area contributed by atoms with Crippen molar-refractivity contribution in [3.05, 3.63) is 62.6 Å². The Morgan fingerprint density at radius 1 is 1.20 bits per heavy atom. The van der Waals surface area contributed by atoms with Gasteiger partial charge in [0.15, 0.2) is 0 Å². The third kappa shape index (κ3) is 2.58. The lowest BCUT2D eigenvalue weighted by atomic mass is 9.93. The second-order valence-electron chi connectivity index (χ2n) is 5.16. The van der Waals surface area contributed by atoms with Crippen LogP contribution in [0.15, 0.2) is 40.9 Å². The Balaban J connectivity index is 1.99. The number of rotatable bonds is 1. The fourth-order valence-electron chi connectivity index (χ4n) is 2.58. The normalized spacial score (nSPS) is 21.2. The van der Waals surface area contributed by atoms with Gasteiger partial charge in [0.2, 0.25) is 0 Å². The van der Waals surface area contributed by atoms with Gasteiger partial charge in [-0.25, -0.2) is 0 Å². The van der Waals surface area contributed by atoms with Crippen molar-refractivity contribution < 1.29 is 4.74 Å². The van der Waals surface area contributed by atoms with E-state index in [9.17, 15) is 0 Å². The predicted octanol–water partition coefficient (Wildman–Crippen LogP) is 4.93. The molecule has 0 fully saturated rings. The molecule has 0 aromatic heterocycles. The monoisotopic (exact) mass is 351 g/mol. The maximum absolute atomic E-state index is 6.30. The van der Waals surface area contributed by atoms with Gasteiger partial charge in [0.25, 0.3) is 0 Å². The summed E-state index contributed by atoms with van der Waals surface area (Å²) in [6, 6.07) is 11.9. The molecule has 104 valence electrons. The summed E-state index contributed by atoms with van der Waals surface area (Å²) >= 11 is 9.64. The number of nitrogens with two attached hydrogens (primary N) is 1. The number of hydrogen-bond donors (Lipinski definition) is 1. The fraction of sp³-hybridized carbons (Fsp3) is 0.250. The molecule has 0 radical (unpaired) electrons. The number of aryl methyl sites for hydroxylation is 1. The van der Waals surface area contributed by atoms with Crippen molar-refractivity contribution in [2.24, 2.45) is 5.73 Å². The van der Waals surface area contributed by atoms with Crippen LogP contribution in [0.4, 0.5) is 0 Å². The van der Waals surface area contributed by atoms with Crippen molar-refractivity contribution in [3.63, 3.8) is 0 Å². The Morgan fingerprint density at radius 3 is 2.80 bits per heavy atom. The zero-order chi connectivity index (χ0) is 14.3. The lowest BCUT2D eigenvalue weighted by molar-refractivity contribution is 0.161. The first-order valence-corrected chi connectivity index (χ1v) is 7.69. The molecule has 0 bridgehead atoms. The first-order chi connectivity index (χ1) is 9.54. The largest absolute Gasteiger partial charge is 0.485 e. The summed E-state index contributed by atoms with van der Waals surface area (Å²) < 4.78 is 7.11. The average Bonchev–Trinajstić information content (AvgIpc) is 2.42. The summed E-state index contributed by atoms with van der Waals surface area (Å²) in [4.78, 5) is 0. The lowest BCUT2D eigenvalue weighted by Gasteiger charge is -2.31. The highest BCUT2D eigenvalue weighted by molar-refractivity contribution is 9.10. The van der Waals surface area contributed by atoms with Crippen LogP contribution in [0.25, 0.3) is 0 Å². The van der Waals surface area contributed by atoms with Crippen molar-refractivity contribution in [2.45, 2.75) is 25.5 Å². The maximum atomic E-state index is 6.30. The van der Waals surface area contributed by atoms with Crippen molar-refractivity contribution in [3.8, 4) is 5.75 Å². The van der Waals surface area contributed by atoms with Crippen LogP contribution in [0.1, 0.15) is 35.3 Å². The lowest BCUT2D eigenvalue weighted by Crippen LogP contribution is -2.24. The molecule has 0 aliphatic carbocycles. The van der Waals surface area contributed by atoms with Gasteiger partial charge in [-0.15, -0.1) is 0 Å². The molecule has 2 aromatic carbocycles. The minimum absolute atomic E-state index is 0.0190. The van der Waals surface area contributed by atoms with Gasteiger partial charge >= 0.3 is 0 Å². The molecule has 2 atom stereocenters. The number of hydrogen-bond acceptors (Lipinski definition) is 2. The Labute approximate surface area is 132 Å². The summed E-state index contributed by atoms with van der Waals surface area (Å²) in [5, 5.41) is 0.704. The Morgan fingerprint density at radius 2 is 2.00 bits per heavy atom. The van der Waals surface area contributed by atoms with E-state index in [1.165, 1.54) is 5.56 Å². The first kappa shape index (κ1) is 13.9. The van der Waals surface area contributed by atoms with Crippen LogP contribution in [0, 0.1) is 6.92 Å². The van der Waals surface area contributed by atoms with Crippen LogP contribution < -0.4 is 10.5 Å². The number of benzene rings is 2. The van der Waals surface area contributed by atoms with Crippen LogP contribution in [0.5, 0.6) is 5.75 Å². The predicted molar refractivity (Wildman–Crippen MR) is 85.2 cm³/mol. The second-order valence-corrected chi connectivity index (χ2v) is 6.45. The fourth-order valence-corrected chi connectivity index (χ4v) is 3.26. The molecule has 1 heterocycles. The smallest absolute Gasteiger partial charge is 0.127 e. The minimum Gasteiger partial charge on any atom is -0.485 e. The molecule has 3 rings (SSSR count). The quantitative estimate of drug-likeness (QED) is 0.789. The van der Waals surface area contributed by atoms with E-state index >= 15 is 0 Å². The van der Waals surface area contributed by atoms with Gasteiger partial charge in [0.05, 0.1) is 0 Å². The number of ether oxygens (including phenoxy) is 1. The molecule has 0 spiro atoms. The zero-order valence-corrected chi connectivity index (χ0v) is 13.4. The maximum Gasteiger partial charge on any atom is 0.127 e. The Bertz CT molecular complexity index is 659. The summed E-state index contributed by atoms with van der Waals surface area (Å²) in [6.07, 6.45) is 0.670. The van der Waals surface area contributed by atoms with Crippen molar-refractivity contribution in [1.82, 2.24) is 0 Å². The SMILES string of the molecule is Cc1ccc2c(c1)[C@H](N)CC(c1cc(Cl)ccc1Br)O2. The average molecular weight is 353 g/mol. The molecule has 0 amide bonds. The molecular weight excluding hydrogens is 338 g/mol. The standard InChI is InChI=1S/C16H15BrClNO/c1-9-2-5-15-12(6-9)14(19)8-16(20-15)11-7-10(18)3-4-13(11)17/h2-7,14,16H,8,19H2,1H3/t14-,16?/m1/s1. The van der Waals surface area contributed by atoms with E-state index in [4.69, 9.17) is 22.1 Å². The molecule has 1 aliphatic heterocycles. The zero-order valence-electron chi connectivity index (χ0n) is 11.1. The van der Waals surface area contributed by atoms with Gasteiger partial charge in [-0.05, 0) is 31.2 Å². The summed E-state index contributed by atoms with van der Waals surface area (Å²) in [6.45, 7) is 2.06. The molecular formula is C16H15BrClNO. The Hall–Kier alpha value is -1.03. The topological polar surface area (TPSA) is 35.2 Å². The van der Waals surface area contributed by atoms with E-state index in [-0.39, 0.29) is 12.1 Å². The number of halogens is 2. The Kier molecular flexibility index (Phi) is 3.76. The molecule has 1 unspecified atom stereocenters. The number of fused-ring (bicyclic) bond motifs is 1. The molecule has 20 heavy (non-hydrogen) atoms. The molecule has 2 aromatic rings. The summed E-state index contributed by atoms with van der Waals surface area (Å²) in [5.74, 6) is 0.867. The van der Waals surface area contributed by atoms with E-state index in [0.717, 1.165) is 27.8 Å². The van der Waals surface area contributed by atoms with E-state index < -0.39 is 0 Å². The first-order valence-electron chi connectivity index (χ1n) is 6.52. The molecule has 4 heteroatoms. The van der Waals surface area contributed by atoms with Crippen LogP contribution in [0.3, 0.4) is 0 Å². The van der Waals surface area contributed by atoms with Crippen LogP contribution in [-0.2, 0) is 0 Å². The van der Waals surface area contributed by atoms with Crippen molar-refractivity contribution in [2.75, 3.05) is 0 Å². The van der Waals surface area contributed by atoms with Crippen LogP contribution >= 0.6 is 27.5 Å². The molecule has 0 saturated carbocycles. The van der Waals surface area contributed by atoms with Crippen LogP contribution in [-0.4, -0.2) is 0 Å². The van der Waals surface area contributed by atoms with Gasteiger partial charge in [0.1, 0.15) is 11.9 Å².